The maximum Gasteiger partial charge on any atom is 0.245 e. The van der Waals surface area contributed by atoms with E-state index in [2.05, 4.69) is 10.1 Å². The summed E-state index contributed by atoms with van der Waals surface area (Å²) in [5, 5.41) is 4.14. The summed E-state index contributed by atoms with van der Waals surface area (Å²) in [5.41, 5.74) is 1.000. The molecule has 1 amide bonds. The molecule has 0 aliphatic heterocycles. The zero-order valence-corrected chi connectivity index (χ0v) is 12.6. The highest BCUT2D eigenvalue weighted by Gasteiger charge is 2.22. The van der Waals surface area contributed by atoms with Gasteiger partial charge < -0.3 is 14.2 Å². The molecule has 21 heavy (non-hydrogen) atoms. The topological polar surface area (TPSA) is 65.2 Å². The highest BCUT2D eigenvalue weighted by Crippen LogP contribution is 2.12. The Balaban J connectivity index is 2.09. The highest BCUT2D eigenvalue weighted by atomic mass is 16.5. The minimum atomic E-state index is -0.291. The number of rotatable bonds is 7. The van der Waals surface area contributed by atoms with Gasteiger partial charge in [0.25, 0.3) is 0 Å². The Morgan fingerprint density at radius 1 is 1.52 bits per heavy atom. The van der Waals surface area contributed by atoms with Gasteiger partial charge in [-0.2, -0.15) is 5.10 Å². The van der Waals surface area contributed by atoms with Crippen LogP contribution in [0.15, 0.2) is 31.1 Å². The largest absolute Gasteiger partial charge is 0.383 e. The smallest absolute Gasteiger partial charge is 0.245 e. The number of amides is 1. The van der Waals surface area contributed by atoms with E-state index in [1.54, 1.807) is 46.2 Å². The normalized spacial score (nSPS) is 12.3. The first-order valence-corrected chi connectivity index (χ1v) is 6.84. The monoisotopic (exact) mass is 291 g/mol. The second kappa shape index (κ2) is 7.03. The number of methoxy groups -OCH3 is 1. The predicted octanol–water partition coefficient (Wildman–Crippen LogP) is 0.853. The molecule has 1 atom stereocenters. The van der Waals surface area contributed by atoms with E-state index in [-0.39, 0.29) is 11.9 Å². The molecule has 2 aromatic heterocycles. The molecule has 0 bridgehead atoms. The van der Waals surface area contributed by atoms with Crippen molar-refractivity contribution in [3.05, 3.63) is 36.7 Å². The molecule has 0 aromatic carbocycles. The van der Waals surface area contributed by atoms with Crippen LogP contribution in [0.5, 0.6) is 0 Å². The Labute approximate surface area is 124 Å². The van der Waals surface area contributed by atoms with Crippen LogP contribution in [-0.2, 0) is 23.1 Å². The Hall–Kier alpha value is -2.15. The maximum atomic E-state index is 12.7. The summed E-state index contributed by atoms with van der Waals surface area (Å²) in [6.07, 6.45) is 8.80. The van der Waals surface area contributed by atoms with E-state index in [1.165, 1.54) is 0 Å². The number of aryl methyl sites for hydroxylation is 1. The van der Waals surface area contributed by atoms with Gasteiger partial charge in [0.1, 0.15) is 6.04 Å². The molecular formula is C14H21N5O2. The van der Waals surface area contributed by atoms with Crippen LogP contribution >= 0.6 is 0 Å². The molecule has 0 saturated carbocycles. The molecular weight excluding hydrogens is 270 g/mol. The van der Waals surface area contributed by atoms with Gasteiger partial charge in [-0.25, -0.2) is 4.98 Å². The third-order valence-electron chi connectivity index (χ3n) is 3.34. The molecule has 0 spiro atoms. The molecule has 0 unspecified atom stereocenters. The lowest BCUT2D eigenvalue weighted by molar-refractivity contribution is -0.135. The lowest BCUT2D eigenvalue weighted by atomic mass is 10.2. The van der Waals surface area contributed by atoms with Gasteiger partial charge in [-0.3, -0.25) is 9.48 Å². The number of ether oxygens (including phenoxy) is 1. The summed E-state index contributed by atoms with van der Waals surface area (Å²) in [6, 6.07) is -0.291. The summed E-state index contributed by atoms with van der Waals surface area (Å²) in [7, 11) is 3.49. The van der Waals surface area contributed by atoms with E-state index >= 15 is 0 Å². The molecule has 2 heterocycles. The van der Waals surface area contributed by atoms with Crippen molar-refractivity contribution >= 4 is 5.91 Å². The van der Waals surface area contributed by atoms with Crippen molar-refractivity contribution < 1.29 is 9.53 Å². The zero-order valence-electron chi connectivity index (χ0n) is 12.6. The Kier molecular flexibility index (Phi) is 5.10. The summed E-state index contributed by atoms with van der Waals surface area (Å²) in [4.78, 5) is 18.4. The number of hydrogen-bond acceptors (Lipinski definition) is 4. The fraction of sp³-hybridized carbons (Fsp3) is 0.500. The van der Waals surface area contributed by atoms with E-state index in [9.17, 15) is 4.79 Å². The van der Waals surface area contributed by atoms with Crippen LogP contribution in [0.25, 0.3) is 0 Å². The van der Waals surface area contributed by atoms with Gasteiger partial charge >= 0.3 is 0 Å². The van der Waals surface area contributed by atoms with Crippen molar-refractivity contribution in [2.75, 3.05) is 20.3 Å². The van der Waals surface area contributed by atoms with Crippen LogP contribution in [0.1, 0.15) is 18.5 Å². The molecule has 2 aromatic rings. The molecule has 0 fully saturated rings. The van der Waals surface area contributed by atoms with Crippen molar-refractivity contribution in [2.24, 2.45) is 7.05 Å². The minimum absolute atomic E-state index is 0.0360. The fourth-order valence-corrected chi connectivity index (χ4v) is 2.13. The van der Waals surface area contributed by atoms with E-state index in [0.717, 1.165) is 5.56 Å². The number of imidazole rings is 1. The number of aromatic nitrogens is 4. The quantitative estimate of drug-likeness (QED) is 0.758. The molecule has 0 N–H and O–H groups in total. The molecule has 0 radical (unpaired) electrons. The van der Waals surface area contributed by atoms with E-state index in [1.807, 2.05) is 20.2 Å². The standard InChI is InChI=1S/C14H21N5O2/c1-12(19-5-4-15-11-19)14(20)18(6-7-21-3)10-13-8-16-17(2)9-13/h4-5,8-9,11-12H,6-7,10H2,1-3H3/t12-/m1/s1. The average Bonchev–Trinajstić information content (AvgIpc) is 3.13. The number of carbonyl (C=O) groups excluding carboxylic acids is 1. The number of hydrogen-bond donors (Lipinski definition) is 0. The van der Waals surface area contributed by atoms with Crippen LogP contribution in [-0.4, -0.2) is 50.4 Å². The van der Waals surface area contributed by atoms with Gasteiger partial charge in [0.15, 0.2) is 0 Å². The van der Waals surface area contributed by atoms with Crippen molar-refractivity contribution in [1.29, 1.82) is 0 Å². The Morgan fingerprint density at radius 3 is 2.90 bits per heavy atom. The lowest BCUT2D eigenvalue weighted by Crippen LogP contribution is -2.37. The van der Waals surface area contributed by atoms with Gasteiger partial charge in [-0.15, -0.1) is 0 Å². The summed E-state index contributed by atoms with van der Waals surface area (Å²) in [5.74, 6) is 0.0360. The average molecular weight is 291 g/mol. The van der Waals surface area contributed by atoms with Crippen LogP contribution < -0.4 is 0 Å². The van der Waals surface area contributed by atoms with Gasteiger partial charge in [0.05, 0.1) is 19.1 Å². The van der Waals surface area contributed by atoms with Crippen molar-refractivity contribution in [2.45, 2.75) is 19.5 Å². The minimum Gasteiger partial charge on any atom is -0.383 e. The van der Waals surface area contributed by atoms with Gasteiger partial charge in [-0.05, 0) is 6.92 Å². The zero-order chi connectivity index (χ0) is 15.2. The predicted molar refractivity (Wildman–Crippen MR) is 77.4 cm³/mol. The highest BCUT2D eigenvalue weighted by molar-refractivity contribution is 5.80. The summed E-state index contributed by atoms with van der Waals surface area (Å²) >= 11 is 0. The fourth-order valence-electron chi connectivity index (χ4n) is 2.13. The molecule has 0 saturated heterocycles. The molecule has 7 heteroatoms. The maximum absolute atomic E-state index is 12.7. The van der Waals surface area contributed by atoms with E-state index in [0.29, 0.717) is 19.7 Å². The molecule has 0 aliphatic rings. The summed E-state index contributed by atoms with van der Waals surface area (Å²) < 4.78 is 8.63. The van der Waals surface area contributed by atoms with Crippen molar-refractivity contribution in [3.8, 4) is 0 Å². The second-order valence-corrected chi connectivity index (χ2v) is 4.96. The van der Waals surface area contributed by atoms with Gasteiger partial charge in [0, 0.05) is 51.4 Å². The molecule has 0 aliphatic carbocycles. The summed E-state index contributed by atoms with van der Waals surface area (Å²) in [6.45, 7) is 3.44. The second-order valence-electron chi connectivity index (χ2n) is 4.96. The number of nitrogens with zero attached hydrogens (tertiary/aromatic N) is 5. The Morgan fingerprint density at radius 2 is 2.33 bits per heavy atom. The van der Waals surface area contributed by atoms with Crippen LogP contribution in [0.4, 0.5) is 0 Å². The van der Waals surface area contributed by atoms with E-state index < -0.39 is 0 Å². The molecule has 7 nitrogen and oxygen atoms in total. The Bertz CT molecular complexity index is 564. The molecule has 114 valence electrons. The third-order valence-corrected chi connectivity index (χ3v) is 3.34. The third kappa shape index (κ3) is 3.91. The first kappa shape index (κ1) is 15.2. The van der Waals surface area contributed by atoms with Crippen LogP contribution in [0.2, 0.25) is 0 Å². The van der Waals surface area contributed by atoms with Crippen molar-refractivity contribution in [3.63, 3.8) is 0 Å². The van der Waals surface area contributed by atoms with Crippen LogP contribution in [0.3, 0.4) is 0 Å². The van der Waals surface area contributed by atoms with E-state index in [4.69, 9.17) is 4.74 Å². The van der Waals surface area contributed by atoms with Crippen LogP contribution in [0, 0.1) is 0 Å². The lowest BCUT2D eigenvalue weighted by Gasteiger charge is -2.25. The first-order chi connectivity index (χ1) is 10.1. The van der Waals surface area contributed by atoms with Gasteiger partial charge in [0.2, 0.25) is 5.91 Å². The first-order valence-electron chi connectivity index (χ1n) is 6.84. The number of carbonyl (C=O) groups is 1. The molecule has 2 rings (SSSR count). The van der Waals surface area contributed by atoms with Gasteiger partial charge in [-0.1, -0.05) is 0 Å². The van der Waals surface area contributed by atoms with Crippen molar-refractivity contribution in [1.82, 2.24) is 24.2 Å². The SMILES string of the molecule is COCCN(Cc1cnn(C)c1)C(=O)[C@@H](C)n1ccnc1.